The van der Waals surface area contributed by atoms with Crippen molar-refractivity contribution in [3.63, 3.8) is 0 Å². The maximum absolute atomic E-state index is 12.2. The van der Waals surface area contributed by atoms with Crippen molar-refractivity contribution in [1.29, 1.82) is 0 Å². The molecule has 0 atom stereocenters. The highest BCUT2D eigenvalue weighted by Crippen LogP contribution is 2.24. The fourth-order valence-corrected chi connectivity index (χ4v) is 2.91. The SMILES string of the molecule is CCc1ncc(S(=O)(=O)Nc2ccc(C(C)(C)C)cc2)[nH]1. The van der Waals surface area contributed by atoms with Crippen LogP contribution in [-0.4, -0.2) is 18.4 Å². The standard InChI is InChI=1S/C15H21N3O2S/c1-5-13-16-10-14(17-13)21(19,20)18-12-8-6-11(7-9-12)15(2,3)4/h6-10,18H,5H2,1-4H3,(H,16,17). The molecule has 0 amide bonds. The van der Waals surface area contributed by atoms with Crippen LogP contribution < -0.4 is 4.72 Å². The fraction of sp³-hybridized carbons (Fsp3) is 0.400. The maximum atomic E-state index is 12.2. The van der Waals surface area contributed by atoms with Gasteiger partial charge >= 0.3 is 0 Å². The molecule has 0 fully saturated rings. The van der Waals surface area contributed by atoms with Gasteiger partial charge in [0.2, 0.25) is 0 Å². The Hall–Kier alpha value is -1.82. The van der Waals surface area contributed by atoms with Gasteiger partial charge in [0.25, 0.3) is 10.0 Å². The van der Waals surface area contributed by atoms with Crippen molar-refractivity contribution in [2.24, 2.45) is 0 Å². The minimum Gasteiger partial charge on any atom is -0.332 e. The van der Waals surface area contributed by atoms with Crippen LogP contribution in [-0.2, 0) is 21.9 Å². The molecule has 0 unspecified atom stereocenters. The zero-order chi connectivity index (χ0) is 15.7. The van der Waals surface area contributed by atoms with Gasteiger partial charge in [0.1, 0.15) is 5.82 Å². The number of sulfonamides is 1. The Morgan fingerprint density at radius 3 is 2.29 bits per heavy atom. The number of aryl methyl sites for hydroxylation is 1. The van der Waals surface area contributed by atoms with Crippen LogP contribution in [0.1, 0.15) is 39.1 Å². The van der Waals surface area contributed by atoms with Crippen LogP contribution in [0, 0.1) is 0 Å². The highest BCUT2D eigenvalue weighted by molar-refractivity contribution is 7.92. The van der Waals surface area contributed by atoms with E-state index in [-0.39, 0.29) is 10.4 Å². The van der Waals surface area contributed by atoms with Crippen molar-refractivity contribution < 1.29 is 8.42 Å². The van der Waals surface area contributed by atoms with Gasteiger partial charge in [-0.05, 0) is 23.1 Å². The third-order valence-corrected chi connectivity index (χ3v) is 4.52. The molecule has 0 radical (unpaired) electrons. The Bertz CT molecular complexity index is 710. The molecule has 2 N–H and O–H groups in total. The minimum atomic E-state index is -3.62. The quantitative estimate of drug-likeness (QED) is 0.911. The highest BCUT2D eigenvalue weighted by atomic mass is 32.2. The van der Waals surface area contributed by atoms with E-state index in [1.165, 1.54) is 6.20 Å². The predicted molar refractivity (Wildman–Crippen MR) is 83.9 cm³/mol. The number of hydrogen-bond acceptors (Lipinski definition) is 3. The van der Waals surface area contributed by atoms with Crippen molar-refractivity contribution in [3.8, 4) is 0 Å². The number of nitrogens with one attached hydrogen (secondary N) is 2. The lowest BCUT2D eigenvalue weighted by Gasteiger charge is -2.19. The normalized spacial score (nSPS) is 12.4. The summed E-state index contributed by atoms with van der Waals surface area (Å²) in [6.07, 6.45) is 2.00. The van der Waals surface area contributed by atoms with Crippen LogP contribution in [0.25, 0.3) is 0 Å². The molecular weight excluding hydrogens is 286 g/mol. The van der Waals surface area contributed by atoms with Crippen LogP contribution in [0.5, 0.6) is 0 Å². The van der Waals surface area contributed by atoms with E-state index in [4.69, 9.17) is 0 Å². The molecule has 5 nitrogen and oxygen atoms in total. The van der Waals surface area contributed by atoms with E-state index in [0.717, 1.165) is 5.56 Å². The first-order valence-corrected chi connectivity index (χ1v) is 8.38. The summed E-state index contributed by atoms with van der Waals surface area (Å²) in [5.74, 6) is 0.651. The van der Waals surface area contributed by atoms with Gasteiger partial charge in [-0.3, -0.25) is 4.72 Å². The molecule has 0 bridgehead atoms. The third kappa shape index (κ3) is 3.64. The van der Waals surface area contributed by atoms with E-state index in [1.807, 2.05) is 19.1 Å². The Morgan fingerprint density at radius 1 is 1.19 bits per heavy atom. The molecule has 114 valence electrons. The number of nitrogens with zero attached hydrogens (tertiary/aromatic N) is 1. The molecule has 0 saturated heterocycles. The number of hydrogen-bond donors (Lipinski definition) is 2. The van der Waals surface area contributed by atoms with Crippen LogP contribution >= 0.6 is 0 Å². The summed E-state index contributed by atoms with van der Waals surface area (Å²) in [4.78, 5) is 6.81. The average Bonchev–Trinajstić information content (AvgIpc) is 2.87. The molecule has 21 heavy (non-hydrogen) atoms. The van der Waals surface area contributed by atoms with Gasteiger partial charge in [-0.25, -0.2) is 4.98 Å². The molecule has 0 aliphatic rings. The van der Waals surface area contributed by atoms with Gasteiger partial charge in [-0.2, -0.15) is 8.42 Å². The van der Waals surface area contributed by atoms with Gasteiger partial charge in [0.05, 0.1) is 6.20 Å². The summed E-state index contributed by atoms with van der Waals surface area (Å²) < 4.78 is 27.0. The molecular formula is C15H21N3O2S. The summed E-state index contributed by atoms with van der Waals surface area (Å²) in [6.45, 7) is 8.25. The summed E-state index contributed by atoms with van der Waals surface area (Å²) in [5, 5.41) is 0.0826. The zero-order valence-corrected chi connectivity index (χ0v) is 13.6. The van der Waals surface area contributed by atoms with E-state index in [2.05, 4.69) is 35.5 Å². The summed E-state index contributed by atoms with van der Waals surface area (Å²) in [7, 11) is -3.62. The fourth-order valence-electron chi connectivity index (χ4n) is 1.91. The van der Waals surface area contributed by atoms with Gasteiger partial charge in [0.15, 0.2) is 5.03 Å². The Labute approximate surface area is 125 Å². The number of H-pyrrole nitrogens is 1. The molecule has 0 aliphatic heterocycles. The number of imidazole rings is 1. The lowest BCUT2D eigenvalue weighted by atomic mass is 9.87. The van der Waals surface area contributed by atoms with E-state index >= 15 is 0 Å². The predicted octanol–water partition coefficient (Wildman–Crippen LogP) is 3.07. The van der Waals surface area contributed by atoms with Crippen LogP contribution in [0.3, 0.4) is 0 Å². The second-order valence-electron chi connectivity index (χ2n) is 5.98. The van der Waals surface area contributed by atoms with Crippen molar-refractivity contribution in [1.82, 2.24) is 9.97 Å². The lowest BCUT2D eigenvalue weighted by molar-refractivity contribution is 0.590. The first kappa shape index (κ1) is 15.6. The first-order chi connectivity index (χ1) is 9.72. The summed E-state index contributed by atoms with van der Waals surface area (Å²) in [5.41, 5.74) is 1.73. The van der Waals surface area contributed by atoms with Crippen molar-refractivity contribution in [2.75, 3.05) is 4.72 Å². The Kier molecular flexibility index (Phi) is 4.09. The largest absolute Gasteiger partial charge is 0.332 e. The van der Waals surface area contributed by atoms with Gasteiger partial charge in [-0.15, -0.1) is 0 Å². The maximum Gasteiger partial charge on any atom is 0.278 e. The summed E-state index contributed by atoms with van der Waals surface area (Å²) >= 11 is 0. The number of aromatic nitrogens is 2. The molecule has 6 heteroatoms. The highest BCUT2D eigenvalue weighted by Gasteiger charge is 2.18. The molecule has 1 heterocycles. The molecule has 2 aromatic rings. The van der Waals surface area contributed by atoms with Crippen LogP contribution in [0.4, 0.5) is 5.69 Å². The average molecular weight is 307 g/mol. The topological polar surface area (TPSA) is 74.8 Å². The van der Waals surface area contributed by atoms with Gasteiger partial charge in [-0.1, -0.05) is 39.8 Å². The third-order valence-electron chi connectivity index (χ3n) is 3.23. The Balaban J connectivity index is 2.21. The molecule has 0 spiro atoms. The summed E-state index contributed by atoms with van der Waals surface area (Å²) in [6, 6.07) is 7.41. The smallest absolute Gasteiger partial charge is 0.278 e. The number of benzene rings is 1. The molecule has 1 aromatic carbocycles. The Morgan fingerprint density at radius 2 is 1.81 bits per heavy atom. The molecule has 0 aliphatic carbocycles. The van der Waals surface area contributed by atoms with E-state index in [1.54, 1.807) is 12.1 Å². The van der Waals surface area contributed by atoms with Crippen LogP contribution in [0.15, 0.2) is 35.5 Å². The van der Waals surface area contributed by atoms with Crippen molar-refractivity contribution in [3.05, 3.63) is 41.9 Å². The second kappa shape index (κ2) is 5.52. The molecule has 2 rings (SSSR count). The van der Waals surface area contributed by atoms with Crippen molar-refractivity contribution >= 4 is 15.7 Å². The van der Waals surface area contributed by atoms with E-state index in [9.17, 15) is 8.42 Å². The number of aromatic amines is 1. The first-order valence-electron chi connectivity index (χ1n) is 6.89. The number of rotatable bonds is 4. The second-order valence-corrected chi connectivity index (χ2v) is 7.63. The van der Waals surface area contributed by atoms with E-state index < -0.39 is 10.0 Å². The molecule has 0 saturated carbocycles. The number of anilines is 1. The monoisotopic (exact) mass is 307 g/mol. The van der Waals surface area contributed by atoms with Gasteiger partial charge in [0, 0.05) is 12.1 Å². The van der Waals surface area contributed by atoms with Crippen LogP contribution in [0.2, 0.25) is 0 Å². The van der Waals surface area contributed by atoms with Gasteiger partial charge < -0.3 is 4.98 Å². The minimum absolute atomic E-state index is 0.0385. The zero-order valence-electron chi connectivity index (χ0n) is 12.8. The van der Waals surface area contributed by atoms with Crippen molar-refractivity contribution in [2.45, 2.75) is 44.6 Å². The lowest BCUT2D eigenvalue weighted by Crippen LogP contribution is -2.14. The molecule has 1 aromatic heterocycles. The van der Waals surface area contributed by atoms with E-state index in [0.29, 0.717) is 17.9 Å².